The summed E-state index contributed by atoms with van der Waals surface area (Å²) in [5.41, 5.74) is 6.57. The summed E-state index contributed by atoms with van der Waals surface area (Å²) in [6, 6.07) is 6.40. The highest BCUT2D eigenvalue weighted by atomic mass is 16.5. The molecule has 1 amide bonds. The number of benzene rings is 1. The van der Waals surface area contributed by atoms with Gasteiger partial charge in [-0.25, -0.2) is 0 Å². The number of nitrogens with zero attached hydrogens (tertiary/aromatic N) is 1. The molecule has 0 unspecified atom stereocenters. The SMILES string of the molecule is CCOc1cc(N)cc(C(=O)Nc2ccon2)c1. The van der Waals surface area contributed by atoms with E-state index < -0.39 is 0 Å². The first-order chi connectivity index (χ1) is 8.69. The maximum atomic E-state index is 11.9. The predicted octanol–water partition coefficient (Wildman–Crippen LogP) is 1.91. The quantitative estimate of drug-likeness (QED) is 0.805. The highest BCUT2D eigenvalue weighted by Crippen LogP contribution is 2.19. The molecule has 1 aromatic carbocycles. The highest BCUT2D eigenvalue weighted by Gasteiger charge is 2.10. The first kappa shape index (κ1) is 12.0. The molecular weight excluding hydrogens is 234 g/mol. The van der Waals surface area contributed by atoms with Crippen molar-refractivity contribution in [2.24, 2.45) is 0 Å². The van der Waals surface area contributed by atoms with E-state index in [1.165, 1.54) is 6.26 Å². The van der Waals surface area contributed by atoms with E-state index >= 15 is 0 Å². The predicted molar refractivity (Wildman–Crippen MR) is 66.5 cm³/mol. The number of carbonyl (C=O) groups excluding carboxylic acids is 1. The van der Waals surface area contributed by atoms with Gasteiger partial charge in [0.25, 0.3) is 5.91 Å². The molecule has 0 aliphatic rings. The summed E-state index contributed by atoms with van der Waals surface area (Å²) in [6.45, 7) is 2.37. The van der Waals surface area contributed by atoms with E-state index in [0.717, 1.165) is 0 Å². The molecule has 0 aliphatic carbocycles. The maximum absolute atomic E-state index is 11.9. The lowest BCUT2D eigenvalue weighted by molar-refractivity contribution is 0.102. The fraction of sp³-hybridized carbons (Fsp3) is 0.167. The second-order valence-electron chi connectivity index (χ2n) is 3.56. The Balaban J connectivity index is 2.19. The Hall–Kier alpha value is -2.50. The molecule has 2 rings (SSSR count). The number of hydrogen-bond donors (Lipinski definition) is 2. The van der Waals surface area contributed by atoms with Crippen molar-refractivity contribution < 1.29 is 14.1 Å². The lowest BCUT2D eigenvalue weighted by Crippen LogP contribution is -2.12. The van der Waals surface area contributed by atoms with Crippen molar-refractivity contribution in [2.75, 3.05) is 17.7 Å². The molecular formula is C12H13N3O3. The van der Waals surface area contributed by atoms with Crippen LogP contribution in [0.15, 0.2) is 35.1 Å². The van der Waals surface area contributed by atoms with E-state index in [0.29, 0.717) is 29.4 Å². The summed E-state index contributed by atoms with van der Waals surface area (Å²) in [4.78, 5) is 11.9. The van der Waals surface area contributed by atoms with Gasteiger partial charge in [-0.15, -0.1) is 0 Å². The van der Waals surface area contributed by atoms with Crippen LogP contribution in [0.1, 0.15) is 17.3 Å². The van der Waals surface area contributed by atoms with Crippen molar-refractivity contribution in [3.8, 4) is 5.75 Å². The average Bonchev–Trinajstić information content (AvgIpc) is 2.81. The molecule has 0 aliphatic heterocycles. The van der Waals surface area contributed by atoms with Gasteiger partial charge >= 0.3 is 0 Å². The van der Waals surface area contributed by atoms with E-state index in [-0.39, 0.29) is 5.91 Å². The second kappa shape index (κ2) is 5.22. The summed E-state index contributed by atoms with van der Waals surface area (Å²) in [5, 5.41) is 6.17. The van der Waals surface area contributed by atoms with Gasteiger partial charge in [0.15, 0.2) is 5.82 Å². The largest absolute Gasteiger partial charge is 0.494 e. The van der Waals surface area contributed by atoms with E-state index in [1.54, 1.807) is 24.3 Å². The van der Waals surface area contributed by atoms with Crippen LogP contribution in [0, 0.1) is 0 Å². The minimum atomic E-state index is -0.322. The van der Waals surface area contributed by atoms with Crippen molar-refractivity contribution in [1.82, 2.24) is 5.16 Å². The van der Waals surface area contributed by atoms with E-state index in [1.807, 2.05) is 6.92 Å². The second-order valence-corrected chi connectivity index (χ2v) is 3.56. The van der Waals surface area contributed by atoms with Crippen molar-refractivity contribution in [1.29, 1.82) is 0 Å². The molecule has 94 valence electrons. The zero-order chi connectivity index (χ0) is 13.0. The van der Waals surface area contributed by atoms with Crippen molar-refractivity contribution in [3.05, 3.63) is 36.1 Å². The summed E-state index contributed by atoms with van der Waals surface area (Å²) in [5.74, 6) is 0.584. The van der Waals surface area contributed by atoms with Crippen LogP contribution in [0.4, 0.5) is 11.5 Å². The molecule has 0 saturated carbocycles. The van der Waals surface area contributed by atoms with Crippen LogP contribution in [-0.2, 0) is 0 Å². The van der Waals surface area contributed by atoms with Crippen LogP contribution in [0.3, 0.4) is 0 Å². The Bertz CT molecular complexity index is 538. The fourth-order valence-corrected chi connectivity index (χ4v) is 1.47. The van der Waals surface area contributed by atoms with Gasteiger partial charge in [-0.3, -0.25) is 4.79 Å². The number of ether oxygens (including phenoxy) is 1. The molecule has 3 N–H and O–H groups in total. The molecule has 0 spiro atoms. The molecule has 0 atom stereocenters. The molecule has 18 heavy (non-hydrogen) atoms. The molecule has 6 nitrogen and oxygen atoms in total. The number of nitrogens with two attached hydrogens (primary N) is 1. The summed E-state index contributed by atoms with van der Waals surface area (Å²) < 4.78 is 9.94. The monoisotopic (exact) mass is 247 g/mol. The van der Waals surface area contributed by atoms with Crippen molar-refractivity contribution >= 4 is 17.4 Å². The van der Waals surface area contributed by atoms with Crippen LogP contribution >= 0.6 is 0 Å². The third kappa shape index (κ3) is 2.79. The molecule has 0 saturated heterocycles. The van der Waals surface area contributed by atoms with Gasteiger partial charge in [-0.2, -0.15) is 0 Å². The van der Waals surface area contributed by atoms with Gasteiger partial charge in [0.2, 0.25) is 0 Å². The molecule has 0 bridgehead atoms. The third-order valence-electron chi connectivity index (χ3n) is 2.18. The number of anilines is 2. The zero-order valence-electron chi connectivity index (χ0n) is 9.84. The maximum Gasteiger partial charge on any atom is 0.257 e. The molecule has 0 fully saturated rings. The Labute approximate surface area is 104 Å². The van der Waals surface area contributed by atoms with Gasteiger partial charge in [0, 0.05) is 23.4 Å². The minimum absolute atomic E-state index is 0.322. The van der Waals surface area contributed by atoms with Crippen LogP contribution < -0.4 is 15.8 Å². The van der Waals surface area contributed by atoms with Crippen LogP contribution in [0.2, 0.25) is 0 Å². The standard InChI is InChI=1S/C12H13N3O3/c1-2-17-10-6-8(5-9(13)7-10)12(16)14-11-3-4-18-15-11/h3-7H,2,13H2,1H3,(H,14,15,16). The van der Waals surface area contributed by atoms with Crippen molar-refractivity contribution in [2.45, 2.75) is 6.92 Å². The number of carbonyl (C=O) groups is 1. The third-order valence-corrected chi connectivity index (χ3v) is 2.18. The van der Waals surface area contributed by atoms with E-state index in [9.17, 15) is 4.79 Å². The molecule has 2 aromatic rings. The lowest BCUT2D eigenvalue weighted by Gasteiger charge is -2.07. The molecule has 0 radical (unpaired) electrons. The van der Waals surface area contributed by atoms with Crippen LogP contribution in [0.25, 0.3) is 0 Å². The minimum Gasteiger partial charge on any atom is -0.494 e. The van der Waals surface area contributed by atoms with Crippen LogP contribution in [-0.4, -0.2) is 17.7 Å². The first-order valence-electron chi connectivity index (χ1n) is 5.44. The Morgan fingerprint density at radius 2 is 2.33 bits per heavy atom. The van der Waals surface area contributed by atoms with Crippen molar-refractivity contribution in [3.63, 3.8) is 0 Å². The zero-order valence-corrected chi connectivity index (χ0v) is 9.84. The lowest BCUT2D eigenvalue weighted by atomic mass is 10.1. The number of aromatic nitrogens is 1. The van der Waals surface area contributed by atoms with Gasteiger partial charge < -0.3 is 20.3 Å². The van der Waals surface area contributed by atoms with Gasteiger partial charge in [-0.05, 0) is 19.1 Å². The highest BCUT2D eigenvalue weighted by molar-refractivity contribution is 6.04. The smallest absolute Gasteiger partial charge is 0.257 e. The normalized spacial score (nSPS) is 10.1. The number of amides is 1. The van der Waals surface area contributed by atoms with Gasteiger partial charge in [-0.1, -0.05) is 5.16 Å². The average molecular weight is 247 g/mol. The Morgan fingerprint density at radius 3 is 3.00 bits per heavy atom. The number of rotatable bonds is 4. The Kier molecular flexibility index (Phi) is 3.47. The molecule has 6 heteroatoms. The number of hydrogen-bond acceptors (Lipinski definition) is 5. The summed E-state index contributed by atoms with van der Waals surface area (Å²) in [7, 11) is 0. The topological polar surface area (TPSA) is 90.4 Å². The van der Waals surface area contributed by atoms with E-state index in [4.69, 9.17) is 10.5 Å². The number of nitrogen functional groups attached to an aromatic ring is 1. The fourth-order valence-electron chi connectivity index (χ4n) is 1.47. The molecule has 1 heterocycles. The van der Waals surface area contributed by atoms with Crippen LogP contribution in [0.5, 0.6) is 5.75 Å². The number of nitrogens with one attached hydrogen (secondary N) is 1. The van der Waals surface area contributed by atoms with E-state index in [2.05, 4.69) is 15.0 Å². The first-order valence-corrected chi connectivity index (χ1v) is 5.44. The van der Waals surface area contributed by atoms with Gasteiger partial charge in [0.1, 0.15) is 12.0 Å². The summed E-state index contributed by atoms with van der Waals surface area (Å²) in [6.07, 6.45) is 1.38. The summed E-state index contributed by atoms with van der Waals surface area (Å²) >= 11 is 0. The van der Waals surface area contributed by atoms with Gasteiger partial charge in [0.05, 0.1) is 6.61 Å². The molecule has 1 aromatic heterocycles. The Morgan fingerprint density at radius 1 is 1.50 bits per heavy atom.